The fraction of sp³-hybridized carbons (Fsp3) is 0. The second-order valence-electron chi connectivity index (χ2n) is 3.42. The molecule has 0 saturated carbocycles. The Kier molecular flexibility index (Phi) is 3.10. The molecule has 2 aromatic carbocycles. The third kappa shape index (κ3) is 3.00. The van der Waals surface area contributed by atoms with E-state index in [9.17, 15) is 0 Å². The van der Waals surface area contributed by atoms with Gasteiger partial charge in [-0.1, -0.05) is 24.3 Å². The van der Waals surface area contributed by atoms with Gasteiger partial charge < -0.3 is 0 Å². The first kappa shape index (κ1) is 12.0. The Morgan fingerprint density at radius 1 is 0.882 bits per heavy atom. The predicted molar refractivity (Wildman–Crippen MR) is 49.7 cm³/mol. The lowest BCUT2D eigenvalue weighted by atomic mass is 10.1. The summed E-state index contributed by atoms with van der Waals surface area (Å²) in [6.45, 7) is 0. The minimum absolute atomic E-state index is 1.23. The Morgan fingerprint density at radius 3 is 2.12 bits per heavy atom. The van der Waals surface area contributed by atoms with Crippen molar-refractivity contribution in [3.8, 4) is 0 Å². The highest BCUT2D eigenvalue weighted by molar-refractivity contribution is 6.06. The zero-order valence-corrected chi connectivity index (χ0v) is 9.31. The van der Waals surface area contributed by atoms with E-state index in [-0.39, 0.29) is 0 Å². The highest BCUT2D eigenvalue weighted by Gasteiger charge is 2.13. The second kappa shape index (κ2) is 4.40. The smallest absolute Gasteiger partial charge is 0.212 e. The quantitative estimate of drug-likeness (QED) is 0.444. The van der Waals surface area contributed by atoms with Gasteiger partial charge in [-0.25, -0.2) is 23.6 Å². The van der Waals surface area contributed by atoms with Crippen molar-refractivity contribution < 1.29 is 33.9 Å². The first-order valence-electron chi connectivity index (χ1n) is 4.68. The van der Waals surface area contributed by atoms with Gasteiger partial charge in [-0.2, -0.15) is 0 Å². The van der Waals surface area contributed by atoms with Crippen LogP contribution in [0.15, 0.2) is 36.4 Å². The van der Waals surface area contributed by atoms with Crippen molar-refractivity contribution in [2.24, 2.45) is 0 Å². The minimum atomic E-state index is -4.94. The zero-order chi connectivity index (χ0) is 12.5. The molecule has 0 fully saturated rings. The number of hydrogen-bond acceptors (Lipinski definition) is 4. The van der Waals surface area contributed by atoms with Crippen LogP contribution in [0.3, 0.4) is 0 Å². The summed E-state index contributed by atoms with van der Waals surface area (Å²) in [5.41, 5.74) is 2.52. The van der Waals surface area contributed by atoms with E-state index in [2.05, 4.69) is 47.6 Å². The highest BCUT2D eigenvalue weighted by Crippen LogP contribution is 2.24. The van der Waals surface area contributed by atoms with Crippen LogP contribution in [0.5, 0.6) is 0 Å². The van der Waals surface area contributed by atoms with Crippen LogP contribution in [-0.4, -0.2) is 6.21 Å². The maximum Gasteiger partial charge on any atom is 0.212 e. The third-order valence-corrected chi connectivity index (χ3v) is 2.32. The van der Waals surface area contributed by atoms with Crippen LogP contribution in [-0.2, 0) is 0 Å². The lowest BCUT2D eigenvalue weighted by Gasteiger charge is -2.17. The number of nitrogens with one attached hydrogen (secondary N) is 1. The van der Waals surface area contributed by atoms with Crippen molar-refractivity contribution in [2.75, 3.05) is 0 Å². The summed E-state index contributed by atoms with van der Waals surface area (Å²) in [4.78, 5) is 3.25. The Bertz CT molecular complexity index is 530. The summed E-state index contributed by atoms with van der Waals surface area (Å²) < 4.78 is 34.0. The summed E-state index contributed by atoms with van der Waals surface area (Å²) in [5.74, 6) is 0. The van der Waals surface area contributed by atoms with E-state index in [1.807, 2.05) is 0 Å². The Morgan fingerprint density at radius 2 is 1.47 bits per heavy atom. The van der Waals surface area contributed by atoms with Crippen LogP contribution in [0.4, 0.5) is 5.69 Å². The van der Waals surface area contributed by atoms with Crippen LogP contribution >= 0.6 is 0 Å². The standard InChI is InChI=1S/C11H7N.ClHO4/c1-3-8-4-2-6-10-11(8)9(5-1)7-12-10;2-1(3,4)5/h1-7H;(H,2,3,4,5). The molecule has 0 aliphatic carbocycles. The van der Waals surface area contributed by atoms with Gasteiger partial charge in [-0.05, 0) is 11.5 Å². The Hall–Kier alpha value is -1.50. The van der Waals surface area contributed by atoms with Gasteiger partial charge in [-0.15, -0.1) is 10.2 Å². The molecule has 0 radical (unpaired) electrons. The topological polar surface area (TPSA) is 106 Å². The average Bonchev–Trinajstić information content (AvgIpc) is 2.62. The third-order valence-electron chi connectivity index (χ3n) is 2.32. The monoisotopic (exact) mass is 253 g/mol. The van der Waals surface area contributed by atoms with Crippen LogP contribution in [0.25, 0.3) is 10.8 Å². The van der Waals surface area contributed by atoms with Gasteiger partial charge in [0.1, 0.15) is 0 Å². The molecule has 0 spiro atoms. The summed E-state index contributed by atoms with van der Waals surface area (Å²) in [5, 5.41) is 2.66. The molecular formula is C11H8ClNO4. The van der Waals surface area contributed by atoms with E-state index in [0.717, 1.165) is 0 Å². The molecule has 1 N–H and O–H groups in total. The molecule has 2 aromatic rings. The van der Waals surface area contributed by atoms with Crippen molar-refractivity contribution in [3.63, 3.8) is 0 Å². The number of halogens is 1. The van der Waals surface area contributed by atoms with E-state index < -0.39 is 10.2 Å². The van der Waals surface area contributed by atoms with Crippen molar-refractivity contribution >= 4 is 22.7 Å². The van der Waals surface area contributed by atoms with E-state index in [4.69, 9.17) is 18.6 Å². The van der Waals surface area contributed by atoms with Gasteiger partial charge >= 0.3 is 0 Å². The second-order valence-corrected chi connectivity index (χ2v) is 4.17. The van der Waals surface area contributed by atoms with Crippen molar-refractivity contribution in [1.82, 2.24) is 0 Å². The molecule has 1 aliphatic rings. The van der Waals surface area contributed by atoms with E-state index >= 15 is 0 Å². The molecule has 0 bridgehead atoms. The maximum absolute atomic E-state index is 8.49. The zero-order valence-electron chi connectivity index (χ0n) is 8.55. The van der Waals surface area contributed by atoms with Crippen LogP contribution in [0.1, 0.15) is 5.56 Å². The fourth-order valence-electron chi connectivity index (χ4n) is 1.77. The first-order valence-corrected chi connectivity index (χ1v) is 5.92. The summed E-state index contributed by atoms with van der Waals surface area (Å²) in [6.07, 6.45) is 2.05. The molecule has 6 heteroatoms. The van der Waals surface area contributed by atoms with Crippen molar-refractivity contribution in [1.29, 1.82) is 0 Å². The van der Waals surface area contributed by atoms with Gasteiger partial charge in [0.2, 0.25) is 5.69 Å². The molecule has 1 aliphatic heterocycles. The molecule has 0 unspecified atom stereocenters. The van der Waals surface area contributed by atoms with Gasteiger partial charge in [-0.3, -0.25) is 0 Å². The summed E-state index contributed by atoms with van der Waals surface area (Å²) >= 11 is 0. The molecular weight excluding hydrogens is 246 g/mol. The number of benzene rings is 2. The molecule has 5 nitrogen and oxygen atoms in total. The minimum Gasteiger partial charge on any atom is -0.222 e. The first-order chi connectivity index (χ1) is 7.95. The van der Waals surface area contributed by atoms with Crippen LogP contribution in [0, 0.1) is 10.2 Å². The highest BCUT2D eigenvalue weighted by atomic mass is 35.7. The Balaban J connectivity index is 0.000000188. The summed E-state index contributed by atoms with van der Waals surface area (Å²) in [7, 11) is -4.94. The molecule has 17 heavy (non-hydrogen) atoms. The van der Waals surface area contributed by atoms with Crippen molar-refractivity contribution in [2.45, 2.75) is 0 Å². The van der Waals surface area contributed by atoms with Gasteiger partial charge in [0, 0.05) is 6.07 Å². The molecule has 0 saturated heterocycles. The van der Waals surface area contributed by atoms with Crippen LogP contribution in [0.2, 0.25) is 0 Å². The predicted octanol–water partition coefficient (Wildman–Crippen LogP) is -3.77. The molecule has 0 amide bonds. The fourth-order valence-corrected chi connectivity index (χ4v) is 1.77. The lowest BCUT2D eigenvalue weighted by molar-refractivity contribution is -2.00. The Labute approximate surface area is 99.0 Å². The summed E-state index contributed by atoms with van der Waals surface area (Å²) in [6, 6.07) is 12.7. The van der Waals surface area contributed by atoms with Crippen LogP contribution < -0.4 is 23.6 Å². The molecule has 0 atom stereocenters. The van der Waals surface area contributed by atoms with Gasteiger partial charge in [0.05, 0.1) is 10.9 Å². The van der Waals surface area contributed by atoms with E-state index in [1.165, 1.54) is 22.0 Å². The van der Waals surface area contributed by atoms with Gasteiger partial charge in [0.25, 0.3) is 0 Å². The number of rotatable bonds is 0. The molecule has 3 rings (SSSR count). The maximum atomic E-state index is 8.49. The molecule has 88 valence electrons. The van der Waals surface area contributed by atoms with Crippen molar-refractivity contribution in [3.05, 3.63) is 42.0 Å². The van der Waals surface area contributed by atoms with E-state index in [1.54, 1.807) is 0 Å². The van der Waals surface area contributed by atoms with E-state index in [0.29, 0.717) is 0 Å². The largest absolute Gasteiger partial charge is 0.222 e. The SMILES string of the molecule is C1=[NH+]c2cccc3cccc1c23.[O-][Cl+3]([O-])([O-])[O-]. The normalized spacial score (nSPS) is 12.5. The average molecular weight is 254 g/mol. The number of hydrogen-bond donors (Lipinski definition) is 1. The van der Waals surface area contributed by atoms with Gasteiger partial charge in [0.15, 0.2) is 6.21 Å². The lowest BCUT2D eigenvalue weighted by Crippen LogP contribution is -2.68. The molecule has 0 aromatic heterocycles. The molecule has 1 heterocycles.